The van der Waals surface area contributed by atoms with Crippen molar-refractivity contribution in [2.45, 2.75) is 44.6 Å². The minimum absolute atomic E-state index is 0.321. The lowest BCUT2D eigenvalue weighted by molar-refractivity contribution is 0.1000. The van der Waals surface area contributed by atoms with Gasteiger partial charge in [0.05, 0.1) is 12.7 Å². The second-order valence-electron chi connectivity index (χ2n) is 8.74. The zero-order valence-corrected chi connectivity index (χ0v) is 18.8. The SMILES string of the molecule is COc1ccc(CCN[C@H]2CN(c3nc(Cl)ccc3C(N)=O)CCC23CCCC3)cc1. The van der Waals surface area contributed by atoms with Crippen molar-refractivity contribution in [3.63, 3.8) is 0 Å². The number of primary amides is 1. The standard InChI is InChI=1S/C24H31ClN4O2/c1-31-18-6-4-17(5-7-18)10-14-27-20-16-29(15-13-24(20)11-2-3-12-24)23-19(22(26)30)8-9-21(25)28-23/h4-9,20,27H,2-3,10-16H2,1H3,(H2,26,30)/t20-/m0/s1. The molecule has 0 unspecified atom stereocenters. The number of carbonyl (C=O) groups is 1. The van der Waals surface area contributed by atoms with Gasteiger partial charge in [-0.05, 0) is 67.5 Å². The molecule has 1 aromatic heterocycles. The highest BCUT2D eigenvalue weighted by Crippen LogP contribution is 2.47. The van der Waals surface area contributed by atoms with Crippen molar-refractivity contribution in [1.29, 1.82) is 0 Å². The number of benzene rings is 1. The van der Waals surface area contributed by atoms with E-state index in [4.69, 9.17) is 22.1 Å². The van der Waals surface area contributed by atoms with Crippen molar-refractivity contribution < 1.29 is 9.53 Å². The molecule has 1 aliphatic carbocycles. The van der Waals surface area contributed by atoms with Crippen LogP contribution in [0.1, 0.15) is 48.0 Å². The molecule has 1 aliphatic heterocycles. The monoisotopic (exact) mass is 442 g/mol. The minimum Gasteiger partial charge on any atom is -0.497 e. The predicted octanol–water partition coefficient (Wildman–Crippen LogP) is 3.81. The summed E-state index contributed by atoms with van der Waals surface area (Å²) in [5, 5.41) is 4.22. The fraction of sp³-hybridized carbons (Fsp3) is 0.500. The summed E-state index contributed by atoms with van der Waals surface area (Å²) < 4.78 is 5.25. The van der Waals surface area contributed by atoms with Crippen LogP contribution in [0.3, 0.4) is 0 Å². The summed E-state index contributed by atoms with van der Waals surface area (Å²) in [5.74, 6) is 1.02. The number of halogens is 1. The molecule has 1 spiro atoms. The number of amides is 1. The number of methoxy groups -OCH3 is 1. The number of nitrogens with one attached hydrogen (secondary N) is 1. The first-order valence-electron chi connectivity index (χ1n) is 11.1. The van der Waals surface area contributed by atoms with E-state index in [0.29, 0.717) is 28.0 Å². The number of nitrogens with zero attached hydrogens (tertiary/aromatic N) is 2. The summed E-state index contributed by atoms with van der Waals surface area (Å²) in [5.41, 5.74) is 7.66. The van der Waals surface area contributed by atoms with Crippen LogP contribution in [0.2, 0.25) is 5.15 Å². The Morgan fingerprint density at radius 1 is 1.23 bits per heavy atom. The molecule has 3 N–H and O–H groups in total. The van der Waals surface area contributed by atoms with E-state index in [1.807, 2.05) is 12.1 Å². The summed E-state index contributed by atoms with van der Waals surface area (Å²) in [6, 6.07) is 11.9. The number of hydrogen-bond donors (Lipinski definition) is 2. The topological polar surface area (TPSA) is 80.5 Å². The smallest absolute Gasteiger partial charge is 0.252 e. The molecule has 2 fully saturated rings. The van der Waals surface area contributed by atoms with Gasteiger partial charge in [-0.25, -0.2) is 4.98 Å². The van der Waals surface area contributed by atoms with Gasteiger partial charge in [-0.1, -0.05) is 36.6 Å². The molecule has 2 heterocycles. The first-order valence-corrected chi connectivity index (χ1v) is 11.5. The molecule has 1 amide bonds. The fourth-order valence-electron chi connectivity index (χ4n) is 5.23. The number of hydrogen-bond acceptors (Lipinski definition) is 5. The van der Waals surface area contributed by atoms with Gasteiger partial charge in [0, 0.05) is 19.1 Å². The molecule has 1 saturated carbocycles. The quantitative estimate of drug-likeness (QED) is 0.637. The van der Waals surface area contributed by atoms with Crippen molar-refractivity contribution in [3.8, 4) is 5.75 Å². The highest BCUT2D eigenvalue weighted by molar-refractivity contribution is 6.29. The van der Waals surface area contributed by atoms with E-state index in [0.717, 1.165) is 38.2 Å². The molecule has 4 rings (SSSR count). The lowest BCUT2D eigenvalue weighted by Gasteiger charge is -2.47. The molecule has 166 valence electrons. The van der Waals surface area contributed by atoms with Gasteiger partial charge in [0.25, 0.3) is 5.91 Å². The van der Waals surface area contributed by atoms with Crippen LogP contribution < -0.4 is 20.7 Å². The molecule has 7 heteroatoms. The van der Waals surface area contributed by atoms with E-state index in [2.05, 4.69) is 27.3 Å². The van der Waals surface area contributed by atoms with Gasteiger partial charge < -0.3 is 20.7 Å². The Morgan fingerprint density at radius 3 is 2.65 bits per heavy atom. The van der Waals surface area contributed by atoms with Crippen molar-refractivity contribution in [1.82, 2.24) is 10.3 Å². The molecule has 6 nitrogen and oxygen atoms in total. The van der Waals surface area contributed by atoms with Crippen LogP contribution in [-0.2, 0) is 6.42 Å². The Kier molecular flexibility index (Phi) is 6.68. The Bertz CT molecular complexity index is 912. The van der Waals surface area contributed by atoms with Gasteiger partial charge in [0.2, 0.25) is 0 Å². The summed E-state index contributed by atoms with van der Waals surface area (Å²) >= 11 is 6.16. The first kappa shape index (κ1) is 21.9. The van der Waals surface area contributed by atoms with Crippen LogP contribution >= 0.6 is 11.6 Å². The average Bonchev–Trinajstić information content (AvgIpc) is 3.24. The minimum atomic E-state index is -0.468. The second kappa shape index (κ2) is 9.45. The number of anilines is 1. The molecule has 31 heavy (non-hydrogen) atoms. The van der Waals surface area contributed by atoms with Gasteiger partial charge in [-0.2, -0.15) is 0 Å². The first-order chi connectivity index (χ1) is 15.0. The van der Waals surface area contributed by atoms with E-state index >= 15 is 0 Å². The Labute approximate surface area is 189 Å². The molecule has 0 bridgehead atoms. The summed E-state index contributed by atoms with van der Waals surface area (Å²) in [7, 11) is 1.69. The third-order valence-corrected chi connectivity index (χ3v) is 7.20. The van der Waals surface area contributed by atoms with Gasteiger partial charge in [-0.3, -0.25) is 4.79 Å². The third kappa shape index (κ3) is 4.80. The van der Waals surface area contributed by atoms with Crippen LogP contribution in [0, 0.1) is 5.41 Å². The van der Waals surface area contributed by atoms with Crippen molar-refractivity contribution in [3.05, 3.63) is 52.7 Å². The summed E-state index contributed by atoms with van der Waals surface area (Å²) in [4.78, 5) is 18.6. The molecule has 1 saturated heterocycles. The Hall–Kier alpha value is -2.31. The number of aromatic nitrogens is 1. The van der Waals surface area contributed by atoms with Gasteiger partial charge in [0.1, 0.15) is 16.7 Å². The summed E-state index contributed by atoms with van der Waals surface area (Å²) in [6.45, 7) is 2.57. The maximum atomic E-state index is 12.0. The lowest BCUT2D eigenvalue weighted by Crippen LogP contribution is -2.57. The Morgan fingerprint density at radius 2 is 1.97 bits per heavy atom. The van der Waals surface area contributed by atoms with Crippen molar-refractivity contribution in [2.75, 3.05) is 31.6 Å². The normalized spacial score (nSPS) is 20.2. The molecule has 1 atom stereocenters. The van der Waals surface area contributed by atoms with Crippen LogP contribution in [0.5, 0.6) is 5.75 Å². The number of pyridine rings is 1. The largest absolute Gasteiger partial charge is 0.497 e. The molecule has 2 aromatic rings. The van der Waals surface area contributed by atoms with Crippen LogP contribution in [0.25, 0.3) is 0 Å². The highest BCUT2D eigenvalue weighted by Gasteiger charge is 2.45. The lowest BCUT2D eigenvalue weighted by atomic mass is 9.73. The van der Waals surface area contributed by atoms with Crippen molar-refractivity contribution >= 4 is 23.3 Å². The van der Waals surface area contributed by atoms with Crippen LogP contribution in [0.4, 0.5) is 5.82 Å². The molecular weight excluding hydrogens is 412 g/mol. The fourth-order valence-corrected chi connectivity index (χ4v) is 5.37. The zero-order valence-electron chi connectivity index (χ0n) is 18.1. The second-order valence-corrected chi connectivity index (χ2v) is 9.13. The maximum absolute atomic E-state index is 12.0. The average molecular weight is 443 g/mol. The third-order valence-electron chi connectivity index (χ3n) is 6.99. The van der Waals surface area contributed by atoms with E-state index in [1.54, 1.807) is 19.2 Å². The Balaban J connectivity index is 1.48. The maximum Gasteiger partial charge on any atom is 0.252 e. The van der Waals surface area contributed by atoms with E-state index in [-0.39, 0.29) is 0 Å². The number of nitrogens with two attached hydrogens (primary N) is 1. The molecular formula is C24H31ClN4O2. The van der Waals surface area contributed by atoms with Gasteiger partial charge in [0.15, 0.2) is 0 Å². The number of carbonyl (C=O) groups excluding carboxylic acids is 1. The van der Waals surface area contributed by atoms with E-state index in [1.165, 1.54) is 31.2 Å². The van der Waals surface area contributed by atoms with E-state index in [9.17, 15) is 4.79 Å². The number of ether oxygens (including phenoxy) is 1. The van der Waals surface area contributed by atoms with Crippen LogP contribution in [-0.4, -0.2) is 43.7 Å². The predicted molar refractivity (Wildman–Crippen MR) is 124 cm³/mol. The molecule has 2 aliphatic rings. The van der Waals surface area contributed by atoms with Crippen LogP contribution in [0.15, 0.2) is 36.4 Å². The summed E-state index contributed by atoms with van der Waals surface area (Å²) in [6.07, 6.45) is 7.13. The molecule has 0 radical (unpaired) electrons. The van der Waals surface area contributed by atoms with Crippen molar-refractivity contribution in [2.24, 2.45) is 11.1 Å². The highest BCUT2D eigenvalue weighted by atomic mass is 35.5. The number of rotatable bonds is 7. The van der Waals surface area contributed by atoms with Gasteiger partial charge in [-0.15, -0.1) is 0 Å². The molecule has 1 aromatic carbocycles. The van der Waals surface area contributed by atoms with Gasteiger partial charge >= 0.3 is 0 Å². The van der Waals surface area contributed by atoms with E-state index < -0.39 is 5.91 Å². The zero-order chi connectivity index (χ0) is 21.8. The number of piperidine rings is 1.